The van der Waals surface area contributed by atoms with Crippen molar-refractivity contribution in [3.63, 3.8) is 0 Å². The third-order valence-electron chi connectivity index (χ3n) is 9.21. The van der Waals surface area contributed by atoms with Gasteiger partial charge in [0.15, 0.2) is 5.69 Å². The first-order valence-corrected chi connectivity index (χ1v) is 15.3. The smallest absolute Gasteiger partial charge is 0.354 e. The van der Waals surface area contributed by atoms with E-state index >= 15 is 0 Å². The highest BCUT2D eigenvalue weighted by atomic mass is 35.5. The minimum atomic E-state index is -1.12. The summed E-state index contributed by atoms with van der Waals surface area (Å²) in [7, 11) is 0. The fourth-order valence-electron chi connectivity index (χ4n) is 6.57. The van der Waals surface area contributed by atoms with Crippen LogP contribution in [0.25, 0.3) is 28.2 Å². The van der Waals surface area contributed by atoms with Crippen molar-refractivity contribution in [2.24, 2.45) is 17.8 Å². The Labute approximate surface area is 256 Å². The first-order chi connectivity index (χ1) is 20.8. The van der Waals surface area contributed by atoms with Gasteiger partial charge in [-0.25, -0.2) is 14.2 Å². The number of hydrogen-bond acceptors (Lipinski definition) is 7. The predicted molar refractivity (Wildman–Crippen MR) is 161 cm³/mol. The zero-order valence-electron chi connectivity index (χ0n) is 22.9. The van der Waals surface area contributed by atoms with Crippen molar-refractivity contribution in [3.8, 4) is 17.0 Å². The summed E-state index contributed by atoms with van der Waals surface area (Å²) in [6.45, 7) is 1.81. The van der Waals surface area contributed by atoms with Crippen LogP contribution < -0.4 is 9.64 Å². The Morgan fingerprint density at radius 1 is 1.12 bits per heavy atom. The SMILES string of the molecule is O=C(O)c1cc(OC2CC(F)C2)c2cc(N3CC4C(/C=C/c5c(-c6c(Cl)cncc6Cl)noc5C5CC5)C4C3)ccc2n1. The molecule has 0 spiro atoms. The molecule has 1 N–H and O–H groups in total. The summed E-state index contributed by atoms with van der Waals surface area (Å²) >= 11 is 12.9. The molecule has 8 nitrogen and oxygen atoms in total. The molecule has 3 aliphatic carbocycles. The van der Waals surface area contributed by atoms with Gasteiger partial charge >= 0.3 is 5.97 Å². The molecule has 220 valence electrons. The third kappa shape index (κ3) is 4.83. The van der Waals surface area contributed by atoms with Gasteiger partial charge in [-0.3, -0.25) is 4.98 Å². The Balaban J connectivity index is 1.02. The van der Waals surface area contributed by atoms with E-state index < -0.39 is 12.1 Å². The first-order valence-electron chi connectivity index (χ1n) is 14.5. The van der Waals surface area contributed by atoms with E-state index in [-0.39, 0.29) is 11.8 Å². The normalized spacial score (nSPS) is 26.1. The molecule has 0 amide bonds. The molecule has 11 heteroatoms. The molecule has 3 aromatic heterocycles. The van der Waals surface area contributed by atoms with Gasteiger partial charge < -0.3 is 19.3 Å². The number of fused-ring (bicyclic) bond motifs is 2. The number of aromatic carboxylic acids is 1. The number of halogens is 3. The second kappa shape index (κ2) is 10.2. The molecule has 1 saturated heterocycles. The van der Waals surface area contributed by atoms with Crippen molar-refractivity contribution in [2.75, 3.05) is 18.0 Å². The Kier molecular flexibility index (Phi) is 6.38. The van der Waals surface area contributed by atoms with Gasteiger partial charge in [0.05, 0.1) is 15.6 Å². The minimum Gasteiger partial charge on any atom is -0.489 e. The van der Waals surface area contributed by atoms with E-state index in [2.05, 4.69) is 32.2 Å². The Hall–Kier alpha value is -3.69. The monoisotopic (exact) mass is 620 g/mol. The summed E-state index contributed by atoms with van der Waals surface area (Å²) in [6.07, 6.45) is 9.22. The van der Waals surface area contributed by atoms with Gasteiger partial charge in [0.25, 0.3) is 0 Å². The number of carboxylic acids is 1. The largest absolute Gasteiger partial charge is 0.489 e. The van der Waals surface area contributed by atoms with E-state index in [0.717, 1.165) is 48.3 Å². The van der Waals surface area contributed by atoms with E-state index in [4.69, 9.17) is 32.5 Å². The topological polar surface area (TPSA) is 102 Å². The van der Waals surface area contributed by atoms with E-state index in [9.17, 15) is 14.3 Å². The highest BCUT2D eigenvalue weighted by Gasteiger charge is 2.54. The zero-order chi connectivity index (χ0) is 29.4. The van der Waals surface area contributed by atoms with E-state index in [0.29, 0.717) is 69.1 Å². The maximum Gasteiger partial charge on any atom is 0.354 e. The number of carbonyl (C=O) groups is 1. The lowest BCUT2D eigenvalue weighted by atomic mass is 9.93. The number of hydrogen-bond donors (Lipinski definition) is 1. The van der Waals surface area contributed by atoms with Gasteiger partial charge in [0.1, 0.15) is 29.5 Å². The average Bonchev–Trinajstić information content (AvgIpc) is 3.83. The quantitative estimate of drug-likeness (QED) is 0.217. The number of ether oxygens (including phenoxy) is 1. The molecule has 0 radical (unpaired) electrons. The summed E-state index contributed by atoms with van der Waals surface area (Å²) in [5.74, 6) is 2.07. The van der Waals surface area contributed by atoms with Crippen LogP contribution in [0.15, 0.2) is 47.3 Å². The van der Waals surface area contributed by atoms with Gasteiger partial charge in [0.2, 0.25) is 0 Å². The summed E-state index contributed by atoms with van der Waals surface area (Å²) in [5, 5.41) is 15.5. The molecular weight excluding hydrogens is 594 g/mol. The Morgan fingerprint density at radius 2 is 1.86 bits per heavy atom. The molecule has 2 atom stereocenters. The Morgan fingerprint density at radius 3 is 2.53 bits per heavy atom. The molecule has 2 unspecified atom stereocenters. The van der Waals surface area contributed by atoms with Crippen LogP contribution in [0, 0.1) is 17.8 Å². The van der Waals surface area contributed by atoms with Crippen molar-refractivity contribution in [1.82, 2.24) is 15.1 Å². The van der Waals surface area contributed by atoms with Crippen LogP contribution in [0.4, 0.5) is 10.1 Å². The van der Waals surface area contributed by atoms with E-state index in [1.807, 2.05) is 18.2 Å². The van der Waals surface area contributed by atoms with Crippen LogP contribution in [-0.2, 0) is 0 Å². The highest BCUT2D eigenvalue weighted by Crippen LogP contribution is 2.54. The van der Waals surface area contributed by atoms with Crippen molar-refractivity contribution in [1.29, 1.82) is 0 Å². The van der Waals surface area contributed by atoms with E-state index in [1.54, 1.807) is 12.4 Å². The molecule has 4 aliphatic rings. The number of benzene rings is 1. The highest BCUT2D eigenvalue weighted by molar-refractivity contribution is 6.39. The second-order valence-electron chi connectivity index (χ2n) is 12.1. The summed E-state index contributed by atoms with van der Waals surface area (Å²) in [6, 6.07) is 7.28. The number of aromatic nitrogens is 3. The fraction of sp³-hybridized carbons (Fsp3) is 0.375. The number of nitrogens with zero attached hydrogens (tertiary/aromatic N) is 4. The molecule has 4 aromatic rings. The van der Waals surface area contributed by atoms with Crippen molar-refractivity contribution >= 4 is 51.8 Å². The lowest BCUT2D eigenvalue weighted by molar-refractivity contribution is 0.0417. The summed E-state index contributed by atoms with van der Waals surface area (Å²) in [4.78, 5) is 22.4. The number of alkyl halides is 1. The summed E-state index contributed by atoms with van der Waals surface area (Å²) < 4.78 is 25.3. The molecule has 4 heterocycles. The van der Waals surface area contributed by atoms with E-state index in [1.165, 1.54) is 6.07 Å². The van der Waals surface area contributed by atoms with Crippen molar-refractivity contribution in [3.05, 3.63) is 69.8 Å². The second-order valence-corrected chi connectivity index (χ2v) is 12.9. The molecule has 43 heavy (non-hydrogen) atoms. The van der Waals surface area contributed by atoms with Gasteiger partial charge in [-0.05, 0) is 48.8 Å². The van der Waals surface area contributed by atoms with Crippen LogP contribution in [0.3, 0.4) is 0 Å². The number of anilines is 1. The molecule has 8 rings (SSSR count). The molecule has 0 bridgehead atoms. The minimum absolute atomic E-state index is 0.0854. The van der Waals surface area contributed by atoms with Gasteiger partial charge in [-0.2, -0.15) is 0 Å². The van der Waals surface area contributed by atoms with Crippen LogP contribution in [0.1, 0.15) is 53.4 Å². The molecule has 1 aliphatic heterocycles. The van der Waals surface area contributed by atoms with Crippen LogP contribution in [-0.4, -0.2) is 51.6 Å². The number of piperidine rings is 1. The van der Waals surface area contributed by atoms with Gasteiger partial charge in [-0.15, -0.1) is 0 Å². The third-order valence-corrected chi connectivity index (χ3v) is 9.78. The predicted octanol–water partition coefficient (Wildman–Crippen LogP) is 7.44. The zero-order valence-corrected chi connectivity index (χ0v) is 24.4. The van der Waals surface area contributed by atoms with Crippen LogP contribution in [0.5, 0.6) is 5.75 Å². The standard InChI is InChI=1S/C32H27Cl2FN4O4/c33-24-11-36-12-25(34)29(24)30-20(31(43-38-30)15-1-2-15)5-4-19-22-13-39(14-23(19)22)17-3-6-26-21(9-17)28(10-27(37-26)32(40)41)42-18-7-16(35)8-18/h3-6,9-12,15-16,18-19,22-23H,1-2,7-8,13-14H2,(H,40,41)/b5-4+. The molecule has 4 fully saturated rings. The molecule has 1 aromatic carbocycles. The summed E-state index contributed by atoms with van der Waals surface area (Å²) in [5.41, 5.74) is 3.74. The lowest BCUT2D eigenvalue weighted by Gasteiger charge is -2.30. The molecular formula is C32H27Cl2FN4O4. The maximum absolute atomic E-state index is 13.4. The van der Waals surface area contributed by atoms with Crippen LogP contribution in [0.2, 0.25) is 10.0 Å². The number of rotatable bonds is 8. The van der Waals surface area contributed by atoms with Gasteiger partial charge in [0, 0.05) is 72.5 Å². The lowest BCUT2D eigenvalue weighted by Crippen LogP contribution is -2.35. The van der Waals surface area contributed by atoms with Crippen molar-refractivity contribution in [2.45, 2.75) is 43.9 Å². The van der Waals surface area contributed by atoms with Crippen molar-refractivity contribution < 1.29 is 23.6 Å². The van der Waals surface area contributed by atoms with Gasteiger partial charge in [-0.1, -0.05) is 40.5 Å². The molecule has 3 saturated carbocycles. The number of carboxylic acid groups (broad SMARTS) is 1. The maximum atomic E-state index is 13.4. The number of pyridine rings is 2. The number of allylic oxidation sites excluding steroid dienone is 1. The average molecular weight is 621 g/mol. The first kappa shape index (κ1) is 26.9. The Bertz CT molecular complexity index is 1770. The fourth-order valence-corrected chi connectivity index (χ4v) is 7.11. The van der Waals surface area contributed by atoms with Crippen LogP contribution >= 0.6 is 23.2 Å².